The van der Waals surface area contributed by atoms with E-state index in [2.05, 4.69) is 6.58 Å². The Labute approximate surface area is 94.7 Å². The highest BCUT2D eigenvalue weighted by atomic mass is 16.5. The largest absolute Gasteiger partial charge is 0.479 e. The Balaban J connectivity index is 4.58. The molecule has 0 saturated heterocycles. The Kier molecular flexibility index (Phi) is 6.41. The van der Waals surface area contributed by atoms with Crippen LogP contribution in [0.1, 0.15) is 20.3 Å². The first-order valence-corrected chi connectivity index (χ1v) is 5.08. The van der Waals surface area contributed by atoms with Gasteiger partial charge in [-0.25, -0.2) is 4.79 Å². The molecule has 0 aliphatic rings. The number of hydrogen-bond acceptors (Lipinski definition) is 4. The standard InChI is InChI=1S/C11H18O5/c1-4-5-16-11(15)8(6-7(2)3)9(12)10(13)14/h4,7-9,12H,1,5-6H2,2-3H3,(H,13,14). The van der Waals surface area contributed by atoms with Gasteiger partial charge in [0.05, 0.1) is 5.92 Å². The molecule has 0 fully saturated rings. The summed E-state index contributed by atoms with van der Waals surface area (Å²) in [6, 6.07) is 0. The lowest BCUT2D eigenvalue weighted by molar-refractivity contribution is -0.163. The summed E-state index contributed by atoms with van der Waals surface area (Å²) < 4.78 is 4.75. The van der Waals surface area contributed by atoms with Crippen LogP contribution in [0.4, 0.5) is 0 Å². The highest BCUT2D eigenvalue weighted by Crippen LogP contribution is 2.18. The van der Waals surface area contributed by atoms with Crippen LogP contribution in [0.25, 0.3) is 0 Å². The van der Waals surface area contributed by atoms with Gasteiger partial charge in [-0.15, -0.1) is 0 Å². The predicted molar refractivity (Wildman–Crippen MR) is 57.7 cm³/mol. The molecule has 2 unspecified atom stereocenters. The third-order valence-electron chi connectivity index (χ3n) is 2.01. The number of aliphatic carboxylic acids is 1. The number of aliphatic hydroxyl groups is 1. The Hall–Kier alpha value is -1.36. The number of carboxylic acids is 1. The molecule has 2 atom stereocenters. The van der Waals surface area contributed by atoms with Crippen molar-refractivity contribution in [3.8, 4) is 0 Å². The van der Waals surface area contributed by atoms with Crippen LogP contribution >= 0.6 is 0 Å². The summed E-state index contributed by atoms with van der Waals surface area (Å²) in [6.45, 7) is 7.06. The number of esters is 1. The second-order valence-corrected chi connectivity index (χ2v) is 3.94. The maximum Gasteiger partial charge on any atom is 0.333 e. The van der Waals surface area contributed by atoms with E-state index < -0.39 is 24.0 Å². The van der Waals surface area contributed by atoms with Gasteiger partial charge in [-0.1, -0.05) is 26.5 Å². The Bertz CT molecular complexity index is 259. The Morgan fingerprint density at radius 1 is 1.44 bits per heavy atom. The van der Waals surface area contributed by atoms with E-state index in [4.69, 9.17) is 9.84 Å². The first-order valence-electron chi connectivity index (χ1n) is 5.08. The SMILES string of the molecule is C=CCOC(=O)C(CC(C)C)C(O)C(=O)O. The van der Waals surface area contributed by atoms with Crippen LogP contribution < -0.4 is 0 Å². The van der Waals surface area contributed by atoms with Gasteiger partial charge in [-0.05, 0) is 12.3 Å². The number of carbonyl (C=O) groups excluding carboxylic acids is 1. The maximum absolute atomic E-state index is 11.5. The molecule has 2 N–H and O–H groups in total. The second-order valence-electron chi connectivity index (χ2n) is 3.94. The highest BCUT2D eigenvalue weighted by Gasteiger charge is 2.33. The van der Waals surface area contributed by atoms with Crippen molar-refractivity contribution >= 4 is 11.9 Å². The molecule has 16 heavy (non-hydrogen) atoms. The van der Waals surface area contributed by atoms with Crippen molar-refractivity contribution in [2.45, 2.75) is 26.4 Å². The molecular weight excluding hydrogens is 212 g/mol. The van der Waals surface area contributed by atoms with Gasteiger partial charge < -0.3 is 14.9 Å². The number of aliphatic hydroxyl groups excluding tert-OH is 1. The summed E-state index contributed by atoms with van der Waals surface area (Å²) in [5.74, 6) is -3.06. The van der Waals surface area contributed by atoms with Crippen molar-refractivity contribution in [1.29, 1.82) is 0 Å². The van der Waals surface area contributed by atoms with Crippen LogP contribution in [0.3, 0.4) is 0 Å². The lowest BCUT2D eigenvalue weighted by atomic mass is 9.92. The fourth-order valence-corrected chi connectivity index (χ4v) is 1.28. The van der Waals surface area contributed by atoms with Crippen molar-refractivity contribution in [3.05, 3.63) is 12.7 Å². The van der Waals surface area contributed by atoms with E-state index in [-0.39, 0.29) is 18.9 Å². The zero-order chi connectivity index (χ0) is 12.7. The van der Waals surface area contributed by atoms with Crippen LogP contribution in [0.5, 0.6) is 0 Å². The van der Waals surface area contributed by atoms with Crippen LogP contribution in [0.2, 0.25) is 0 Å². The molecule has 0 radical (unpaired) electrons. The van der Waals surface area contributed by atoms with Gasteiger partial charge in [-0.2, -0.15) is 0 Å². The van der Waals surface area contributed by atoms with Gasteiger partial charge in [0, 0.05) is 0 Å². The zero-order valence-electron chi connectivity index (χ0n) is 9.55. The smallest absolute Gasteiger partial charge is 0.333 e. The first kappa shape index (κ1) is 14.6. The molecular formula is C11H18O5. The summed E-state index contributed by atoms with van der Waals surface area (Å²) in [4.78, 5) is 22.1. The van der Waals surface area contributed by atoms with E-state index in [0.29, 0.717) is 0 Å². The summed E-state index contributed by atoms with van der Waals surface area (Å²) in [5, 5.41) is 18.0. The molecule has 0 rings (SSSR count). The van der Waals surface area contributed by atoms with Crippen LogP contribution in [0, 0.1) is 11.8 Å². The average molecular weight is 230 g/mol. The highest BCUT2D eigenvalue weighted by molar-refractivity contribution is 5.82. The first-order chi connectivity index (χ1) is 7.40. The number of rotatable bonds is 7. The van der Waals surface area contributed by atoms with E-state index in [1.807, 2.05) is 13.8 Å². The van der Waals surface area contributed by atoms with Gasteiger partial charge >= 0.3 is 11.9 Å². The molecule has 0 aromatic carbocycles. The van der Waals surface area contributed by atoms with Gasteiger partial charge in [0.1, 0.15) is 6.61 Å². The summed E-state index contributed by atoms with van der Waals surface area (Å²) >= 11 is 0. The van der Waals surface area contributed by atoms with E-state index in [9.17, 15) is 14.7 Å². The fourth-order valence-electron chi connectivity index (χ4n) is 1.28. The van der Waals surface area contributed by atoms with E-state index in [1.54, 1.807) is 0 Å². The lowest BCUT2D eigenvalue weighted by Crippen LogP contribution is -2.36. The third-order valence-corrected chi connectivity index (χ3v) is 2.01. The molecule has 5 nitrogen and oxygen atoms in total. The number of ether oxygens (including phenoxy) is 1. The third kappa shape index (κ3) is 4.93. The van der Waals surface area contributed by atoms with E-state index >= 15 is 0 Å². The zero-order valence-corrected chi connectivity index (χ0v) is 9.55. The molecule has 0 aliphatic carbocycles. The molecule has 0 spiro atoms. The minimum absolute atomic E-state index is 0.0137. The van der Waals surface area contributed by atoms with Gasteiger partial charge in [0.25, 0.3) is 0 Å². The molecule has 0 aliphatic heterocycles. The monoisotopic (exact) mass is 230 g/mol. The molecule has 5 heteroatoms. The maximum atomic E-state index is 11.5. The van der Waals surface area contributed by atoms with E-state index in [0.717, 1.165) is 0 Å². The van der Waals surface area contributed by atoms with Crippen molar-refractivity contribution in [2.24, 2.45) is 11.8 Å². The van der Waals surface area contributed by atoms with Gasteiger partial charge in [0.15, 0.2) is 6.10 Å². The number of carbonyl (C=O) groups is 2. The fraction of sp³-hybridized carbons (Fsp3) is 0.636. The van der Waals surface area contributed by atoms with Gasteiger partial charge in [0.2, 0.25) is 0 Å². The van der Waals surface area contributed by atoms with E-state index in [1.165, 1.54) is 6.08 Å². The number of carboxylic acid groups (broad SMARTS) is 1. The summed E-state index contributed by atoms with van der Waals surface area (Å²) in [7, 11) is 0. The molecule has 0 aromatic heterocycles. The Morgan fingerprint density at radius 2 is 2.00 bits per heavy atom. The minimum Gasteiger partial charge on any atom is -0.479 e. The summed E-state index contributed by atoms with van der Waals surface area (Å²) in [5.41, 5.74) is 0. The normalized spacial score (nSPS) is 14.2. The van der Waals surface area contributed by atoms with Crippen LogP contribution in [-0.4, -0.2) is 34.9 Å². The van der Waals surface area contributed by atoms with Crippen molar-refractivity contribution in [2.75, 3.05) is 6.61 Å². The summed E-state index contributed by atoms with van der Waals surface area (Å²) in [6.07, 6.45) is -0.0688. The predicted octanol–water partition coefficient (Wildman–Crippen LogP) is 0.823. The average Bonchev–Trinajstić information content (AvgIpc) is 2.21. The lowest BCUT2D eigenvalue weighted by Gasteiger charge is -2.19. The molecule has 0 bridgehead atoms. The second kappa shape index (κ2) is 7.00. The molecule has 0 amide bonds. The Morgan fingerprint density at radius 3 is 2.38 bits per heavy atom. The van der Waals surface area contributed by atoms with Gasteiger partial charge in [-0.3, -0.25) is 4.79 Å². The topological polar surface area (TPSA) is 83.8 Å². The van der Waals surface area contributed by atoms with Crippen LogP contribution in [0.15, 0.2) is 12.7 Å². The van der Waals surface area contributed by atoms with Crippen LogP contribution in [-0.2, 0) is 14.3 Å². The van der Waals surface area contributed by atoms with Crippen molar-refractivity contribution in [3.63, 3.8) is 0 Å². The minimum atomic E-state index is -1.72. The number of hydrogen-bond donors (Lipinski definition) is 2. The van der Waals surface area contributed by atoms with Crippen molar-refractivity contribution < 1.29 is 24.5 Å². The molecule has 0 saturated carbocycles. The quantitative estimate of drug-likeness (QED) is 0.499. The molecule has 92 valence electrons. The molecule has 0 aromatic rings. The van der Waals surface area contributed by atoms with Crippen molar-refractivity contribution in [1.82, 2.24) is 0 Å². The molecule has 0 heterocycles.